The van der Waals surface area contributed by atoms with Crippen LogP contribution in [0.2, 0.25) is 5.02 Å². The van der Waals surface area contributed by atoms with Crippen LogP contribution >= 0.6 is 22.9 Å². The molecular formula is C24H30ClN3O3S. The summed E-state index contributed by atoms with van der Waals surface area (Å²) in [6.07, 6.45) is 2.43. The molecule has 172 valence electrons. The van der Waals surface area contributed by atoms with Gasteiger partial charge in [0.2, 0.25) is 5.91 Å². The number of carbonyl (C=O) groups is 2. The number of nitrogens with one attached hydrogen (secondary N) is 1. The summed E-state index contributed by atoms with van der Waals surface area (Å²) >= 11 is 7.67. The first-order chi connectivity index (χ1) is 15.2. The molecular weight excluding hydrogens is 446 g/mol. The van der Waals surface area contributed by atoms with Gasteiger partial charge in [-0.1, -0.05) is 17.7 Å². The number of fused-ring (bicyclic) bond motifs is 1. The normalized spacial score (nSPS) is 15.6. The Bertz CT molecular complexity index is 952. The number of rotatable bonds is 7. The van der Waals surface area contributed by atoms with Crippen molar-refractivity contribution in [3.05, 3.63) is 63.8 Å². The van der Waals surface area contributed by atoms with E-state index in [1.54, 1.807) is 29.5 Å². The minimum Gasteiger partial charge on any atom is -0.491 e. The Morgan fingerprint density at radius 2 is 2.03 bits per heavy atom. The summed E-state index contributed by atoms with van der Waals surface area (Å²) in [7, 11) is 0. The van der Waals surface area contributed by atoms with Crippen LogP contribution in [0, 0.1) is 0 Å². The van der Waals surface area contributed by atoms with Crippen LogP contribution in [0.5, 0.6) is 5.75 Å². The Morgan fingerprint density at radius 1 is 1.31 bits per heavy atom. The number of carbonyl (C=O) groups excluding carboxylic acids is 2. The molecule has 2 heterocycles. The summed E-state index contributed by atoms with van der Waals surface area (Å²) < 4.78 is 6.02. The molecule has 0 aliphatic carbocycles. The van der Waals surface area contributed by atoms with E-state index in [-0.39, 0.29) is 31.1 Å². The Morgan fingerprint density at radius 3 is 2.69 bits per heavy atom. The van der Waals surface area contributed by atoms with E-state index in [0.717, 1.165) is 12.0 Å². The molecule has 0 spiro atoms. The van der Waals surface area contributed by atoms with E-state index >= 15 is 0 Å². The molecule has 0 saturated carbocycles. The van der Waals surface area contributed by atoms with Crippen LogP contribution in [0.3, 0.4) is 0 Å². The fourth-order valence-electron chi connectivity index (χ4n) is 3.61. The molecule has 1 aromatic carbocycles. The van der Waals surface area contributed by atoms with E-state index in [9.17, 15) is 9.59 Å². The summed E-state index contributed by atoms with van der Waals surface area (Å²) in [4.78, 5) is 30.6. The number of amides is 3. The highest BCUT2D eigenvalue weighted by molar-refractivity contribution is 7.10. The zero-order chi connectivity index (χ0) is 23.3. The van der Waals surface area contributed by atoms with Gasteiger partial charge in [-0.25, -0.2) is 4.79 Å². The SMILES string of the molecule is C=CCN(CC(=O)N1CCc2sccc2[C@@H]1COc1ccc(Cl)cc1)C(=O)NC(C)(C)C. The predicted octanol–water partition coefficient (Wildman–Crippen LogP) is 4.90. The molecule has 0 bridgehead atoms. The van der Waals surface area contributed by atoms with Gasteiger partial charge in [0.05, 0.1) is 6.04 Å². The number of nitrogens with zero attached hydrogens (tertiary/aromatic N) is 2. The van der Waals surface area contributed by atoms with Crippen molar-refractivity contribution in [2.75, 3.05) is 26.2 Å². The average molecular weight is 476 g/mol. The maximum atomic E-state index is 13.4. The number of hydrogen-bond donors (Lipinski definition) is 1. The van der Waals surface area contributed by atoms with E-state index in [4.69, 9.17) is 16.3 Å². The number of thiophene rings is 1. The van der Waals surface area contributed by atoms with Crippen molar-refractivity contribution in [1.82, 2.24) is 15.1 Å². The number of hydrogen-bond acceptors (Lipinski definition) is 4. The zero-order valence-corrected chi connectivity index (χ0v) is 20.3. The number of benzene rings is 1. The molecule has 32 heavy (non-hydrogen) atoms. The predicted molar refractivity (Wildman–Crippen MR) is 129 cm³/mol. The highest BCUT2D eigenvalue weighted by Gasteiger charge is 2.33. The highest BCUT2D eigenvalue weighted by atomic mass is 35.5. The fourth-order valence-corrected chi connectivity index (χ4v) is 4.66. The van der Waals surface area contributed by atoms with Crippen molar-refractivity contribution in [2.24, 2.45) is 0 Å². The third-order valence-electron chi connectivity index (χ3n) is 5.08. The first-order valence-electron chi connectivity index (χ1n) is 10.6. The highest BCUT2D eigenvalue weighted by Crippen LogP contribution is 2.34. The lowest BCUT2D eigenvalue weighted by Crippen LogP contribution is -2.53. The monoisotopic (exact) mass is 475 g/mol. The van der Waals surface area contributed by atoms with Gasteiger partial charge in [0.25, 0.3) is 0 Å². The van der Waals surface area contributed by atoms with E-state index in [2.05, 4.69) is 23.3 Å². The van der Waals surface area contributed by atoms with Crippen LogP contribution in [0.4, 0.5) is 4.79 Å². The van der Waals surface area contributed by atoms with Gasteiger partial charge < -0.3 is 19.9 Å². The van der Waals surface area contributed by atoms with Gasteiger partial charge in [-0.3, -0.25) is 4.79 Å². The minimum absolute atomic E-state index is 0.0230. The Labute approximate surface area is 198 Å². The largest absolute Gasteiger partial charge is 0.491 e. The second kappa shape index (κ2) is 10.4. The molecule has 0 radical (unpaired) electrons. The molecule has 0 fully saturated rings. The van der Waals surface area contributed by atoms with Gasteiger partial charge in [0.15, 0.2) is 0 Å². The lowest BCUT2D eigenvalue weighted by molar-refractivity contribution is -0.135. The summed E-state index contributed by atoms with van der Waals surface area (Å²) in [5, 5.41) is 5.61. The molecule has 1 atom stereocenters. The maximum absolute atomic E-state index is 13.4. The quantitative estimate of drug-likeness (QED) is 0.579. The molecule has 1 aliphatic rings. The van der Waals surface area contributed by atoms with Crippen LogP contribution in [0.1, 0.15) is 37.3 Å². The zero-order valence-electron chi connectivity index (χ0n) is 18.8. The van der Waals surface area contributed by atoms with E-state index in [1.165, 1.54) is 9.78 Å². The minimum atomic E-state index is -0.398. The van der Waals surface area contributed by atoms with Crippen LogP contribution in [0.15, 0.2) is 48.4 Å². The Balaban J connectivity index is 1.75. The van der Waals surface area contributed by atoms with Crippen LogP contribution in [-0.4, -0.2) is 53.5 Å². The fraction of sp³-hybridized carbons (Fsp3) is 0.417. The van der Waals surface area contributed by atoms with Gasteiger partial charge in [-0.05, 0) is 68.5 Å². The summed E-state index contributed by atoms with van der Waals surface area (Å²) in [5.74, 6) is 0.583. The van der Waals surface area contributed by atoms with Gasteiger partial charge >= 0.3 is 6.03 Å². The molecule has 0 saturated heterocycles. The van der Waals surface area contributed by atoms with E-state index < -0.39 is 5.54 Å². The summed E-state index contributed by atoms with van der Waals surface area (Å²) in [6.45, 7) is 10.6. The van der Waals surface area contributed by atoms with Crippen molar-refractivity contribution < 1.29 is 14.3 Å². The molecule has 1 N–H and O–H groups in total. The van der Waals surface area contributed by atoms with Gasteiger partial charge in [-0.15, -0.1) is 17.9 Å². The van der Waals surface area contributed by atoms with Crippen LogP contribution in [-0.2, 0) is 11.2 Å². The molecule has 6 nitrogen and oxygen atoms in total. The summed E-state index contributed by atoms with van der Waals surface area (Å²) in [6, 6.07) is 8.74. The standard InChI is InChI=1S/C24H30ClN3O3S/c1-5-12-27(23(30)26-24(2,3)4)15-22(29)28-13-10-21-19(11-14-32-21)20(28)16-31-18-8-6-17(25)7-9-18/h5-9,11,14,20H,1,10,12-13,15-16H2,2-4H3,(H,26,30)/t20-/m0/s1. The van der Waals surface area contributed by atoms with Crippen molar-refractivity contribution in [3.8, 4) is 5.75 Å². The Kier molecular flexibility index (Phi) is 7.85. The Hall–Kier alpha value is -2.51. The second-order valence-corrected chi connectivity index (χ2v) is 10.2. The van der Waals surface area contributed by atoms with E-state index in [0.29, 0.717) is 23.9 Å². The maximum Gasteiger partial charge on any atom is 0.318 e. The molecule has 3 rings (SSSR count). The third-order valence-corrected chi connectivity index (χ3v) is 6.33. The van der Waals surface area contributed by atoms with Crippen LogP contribution in [0.25, 0.3) is 0 Å². The van der Waals surface area contributed by atoms with Crippen molar-refractivity contribution >= 4 is 34.9 Å². The number of urea groups is 1. The molecule has 1 aliphatic heterocycles. The lowest BCUT2D eigenvalue weighted by atomic mass is 10.0. The lowest BCUT2D eigenvalue weighted by Gasteiger charge is -2.37. The molecule has 0 unspecified atom stereocenters. The average Bonchev–Trinajstić information content (AvgIpc) is 3.20. The second-order valence-electron chi connectivity index (χ2n) is 8.77. The first-order valence-corrected chi connectivity index (χ1v) is 11.9. The molecule has 1 aromatic heterocycles. The van der Waals surface area contributed by atoms with Gasteiger partial charge in [0, 0.05) is 28.5 Å². The van der Waals surface area contributed by atoms with Crippen molar-refractivity contribution in [2.45, 2.75) is 38.8 Å². The van der Waals surface area contributed by atoms with Gasteiger partial charge in [0.1, 0.15) is 18.9 Å². The number of ether oxygens (including phenoxy) is 1. The molecule has 8 heteroatoms. The van der Waals surface area contributed by atoms with Crippen molar-refractivity contribution in [3.63, 3.8) is 0 Å². The first kappa shape index (κ1) is 24.1. The smallest absolute Gasteiger partial charge is 0.318 e. The van der Waals surface area contributed by atoms with Crippen LogP contribution < -0.4 is 10.1 Å². The molecule has 3 amide bonds. The van der Waals surface area contributed by atoms with Gasteiger partial charge in [-0.2, -0.15) is 0 Å². The third kappa shape index (κ3) is 6.26. The van der Waals surface area contributed by atoms with E-state index in [1.807, 2.05) is 37.8 Å². The number of halogens is 1. The summed E-state index contributed by atoms with van der Waals surface area (Å²) in [5.41, 5.74) is 0.712. The van der Waals surface area contributed by atoms with Crippen molar-refractivity contribution in [1.29, 1.82) is 0 Å². The molecule has 2 aromatic rings. The topological polar surface area (TPSA) is 61.9 Å².